The molecule has 0 unspecified atom stereocenters. The average molecular weight is 346 g/mol. The van der Waals surface area contributed by atoms with Gasteiger partial charge in [0, 0.05) is 39.1 Å². The molecule has 6 nitrogen and oxygen atoms in total. The summed E-state index contributed by atoms with van der Waals surface area (Å²) in [6.07, 6.45) is 5.02. The molecule has 25 heavy (non-hydrogen) atoms. The molecule has 2 heterocycles. The average Bonchev–Trinajstić information content (AvgIpc) is 3.05. The zero-order chi connectivity index (χ0) is 17.8. The lowest BCUT2D eigenvalue weighted by Gasteiger charge is -2.32. The van der Waals surface area contributed by atoms with Crippen LogP contribution in [-0.4, -0.2) is 45.3 Å². The smallest absolute Gasteiger partial charge is 0.318 e. The van der Waals surface area contributed by atoms with Crippen LogP contribution in [0.25, 0.3) is 0 Å². The summed E-state index contributed by atoms with van der Waals surface area (Å²) < 4.78 is 15.5. The minimum atomic E-state index is -0.529. The Kier molecular flexibility index (Phi) is 5.33. The molecule has 1 saturated heterocycles. The van der Waals surface area contributed by atoms with E-state index in [1.165, 1.54) is 12.1 Å². The molecule has 1 fully saturated rings. The monoisotopic (exact) mass is 346 g/mol. The molecule has 2 aromatic rings. The van der Waals surface area contributed by atoms with Crippen molar-refractivity contribution in [2.24, 2.45) is 13.0 Å². The van der Waals surface area contributed by atoms with Gasteiger partial charge in [-0.15, -0.1) is 0 Å². The second kappa shape index (κ2) is 7.65. The van der Waals surface area contributed by atoms with Crippen molar-refractivity contribution in [3.05, 3.63) is 53.9 Å². The molecule has 1 aromatic heterocycles. The van der Waals surface area contributed by atoms with Crippen molar-refractivity contribution in [1.82, 2.24) is 19.8 Å². The number of piperidine rings is 1. The molecule has 134 valence electrons. The van der Waals surface area contributed by atoms with Gasteiger partial charge in [-0.2, -0.15) is 0 Å². The molecule has 0 bridgehead atoms. The van der Waals surface area contributed by atoms with Crippen molar-refractivity contribution in [1.29, 1.82) is 0 Å². The van der Waals surface area contributed by atoms with Crippen molar-refractivity contribution in [3.63, 3.8) is 0 Å². The molecule has 2 amide bonds. The summed E-state index contributed by atoms with van der Waals surface area (Å²) in [4.78, 5) is 18.7. The fourth-order valence-electron chi connectivity index (χ4n) is 3.17. The number of carbonyl (C=O) groups is 1. The maximum absolute atomic E-state index is 13.7. The van der Waals surface area contributed by atoms with E-state index in [-0.39, 0.29) is 24.4 Å². The van der Waals surface area contributed by atoms with E-state index in [0.717, 1.165) is 12.8 Å². The van der Waals surface area contributed by atoms with Gasteiger partial charge in [0.15, 0.2) is 0 Å². The highest BCUT2D eigenvalue weighted by Crippen LogP contribution is 2.23. The van der Waals surface area contributed by atoms with Crippen LogP contribution >= 0.6 is 0 Å². The fraction of sp³-hybridized carbons (Fsp3) is 0.444. The SMILES string of the molecule is Cn1ccnc1[C@@H](NC(=O)N1CCC(CO)CC1)c1cccc(F)c1. The van der Waals surface area contributed by atoms with Crippen LogP contribution in [0.1, 0.15) is 30.3 Å². The largest absolute Gasteiger partial charge is 0.396 e. The molecule has 2 N–H and O–H groups in total. The molecule has 0 aliphatic carbocycles. The first-order valence-corrected chi connectivity index (χ1v) is 8.47. The van der Waals surface area contributed by atoms with Gasteiger partial charge in [0.05, 0.1) is 0 Å². The highest BCUT2D eigenvalue weighted by Gasteiger charge is 2.26. The maximum atomic E-state index is 13.7. The highest BCUT2D eigenvalue weighted by molar-refractivity contribution is 5.75. The van der Waals surface area contributed by atoms with E-state index >= 15 is 0 Å². The van der Waals surface area contributed by atoms with Crippen molar-refractivity contribution in [2.45, 2.75) is 18.9 Å². The van der Waals surface area contributed by atoms with E-state index in [9.17, 15) is 14.3 Å². The maximum Gasteiger partial charge on any atom is 0.318 e. The van der Waals surface area contributed by atoms with Gasteiger partial charge >= 0.3 is 6.03 Å². The molecular formula is C18H23FN4O2. The van der Waals surface area contributed by atoms with Crippen molar-refractivity contribution >= 4 is 6.03 Å². The quantitative estimate of drug-likeness (QED) is 0.890. The molecule has 1 aliphatic rings. The predicted octanol–water partition coefficient (Wildman–Crippen LogP) is 2.06. The molecule has 1 atom stereocenters. The number of aliphatic hydroxyl groups excluding tert-OH is 1. The number of nitrogens with zero attached hydrogens (tertiary/aromatic N) is 3. The van der Waals surface area contributed by atoms with Gasteiger partial charge in [-0.05, 0) is 36.5 Å². The van der Waals surface area contributed by atoms with Crippen LogP contribution in [0.3, 0.4) is 0 Å². The van der Waals surface area contributed by atoms with Gasteiger partial charge < -0.3 is 19.9 Å². The van der Waals surface area contributed by atoms with Gasteiger partial charge in [-0.25, -0.2) is 14.2 Å². The molecule has 3 rings (SSSR count). The Labute approximate surface area is 146 Å². The lowest BCUT2D eigenvalue weighted by Crippen LogP contribution is -2.46. The lowest BCUT2D eigenvalue weighted by atomic mass is 9.98. The van der Waals surface area contributed by atoms with E-state index in [0.29, 0.717) is 24.5 Å². The summed E-state index contributed by atoms with van der Waals surface area (Å²) >= 11 is 0. The van der Waals surface area contributed by atoms with E-state index < -0.39 is 6.04 Å². The number of aliphatic hydroxyl groups is 1. The van der Waals surface area contributed by atoms with Gasteiger partial charge in [-0.3, -0.25) is 0 Å². The number of amides is 2. The Hall–Kier alpha value is -2.41. The molecular weight excluding hydrogens is 323 g/mol. The molecule has 7 heteroatoms. The Bertz CT molecular complexity index is 725. The molecule has 0 saturated carbocycles. The van der Waals surface area contributed by atoms with Crippen molar-refractivity contribution < 1.29 is 14.3 Å². The summed E-state index contributed by atoms with van der Waals surface area (Å²) in [5.41, 5.74) is 0.646. The molecule has 0 radical (unpaired) electrons. The first kappa shape index (κ1) is 17.4. The van der Waals surface area contributed by atoms with E-state index in [1.54, 1.807) is 29.4 Å². The number of benzene rings is 1. The molecule has 0 spiro atoms. The van der Waals surface area contributed by atoms with Crippen LogP contribution in [0.2, 0.25) is 0 Å². The van der Waals surface area contributed by atoms with E-state index in [4.69, 9.17) is 0 Å². The third-order valence-corrected chi connectivity index (χ3v) is 4.73. The Morgan fingerprint density at radius 1 is 1.44 bits per heavy atom. The lowest BCUT2D eigenvalue weighted by molar-refractivity contribution is 0.136. The number of imidazole rings is 1. The van der Waals surface area contributed by atoms with Crippen LogP contribution in [0.15, 0.2) is 36.7 Å². The van der Waals surface area contributed by atoms with Gasteiger partial charge in [0.2, 0.25) is 0 Å². The Morgan fingerprint density at radius 3 is 2.80 bits per heavy atom. The van der Waals surface area contributed by atoms with Crippen LogP contribution in [0, 0.1) is 11.7 Å². The summed E-state index contributed by atoms with van der Waals surface area (Å²) in [7, 11) is 1.84. The van der Waals surface area contributed by atoms with Crippen molar-refractivity contribution in [2.75, 3.05) is 19.7 Å². The number of nitrogens with one attached hydrogen (secondary N) is 1. The normalized spacial score (nSPS) is 16.7. The van der Waals surface area contributed by atoms with Crippen LogP contribution < -0.4 is 5.32 Å². The third-order valence-electron chi connectivity index (χ3n) is 4.73. The minimum Gasteiger partial charge on any atom is -0.396 e. The first-order valence-electron chi connectivity index (χ1n) is 8.47. The van der Waals surface area contributed by atoms with Crippen LogP contribution in [-0.2, 0) is 7.05 Å². The molecule has 1 aliphatic heterocycles. The summed E-state index contributed by atoms with van der Waals surface area (Å²) in [5, 5.41) is 12.2. The van der Waals surface area contributed by atoms with E-state index in [2.05, 4.69) is 10.3 Å². The number of hydrogen-bond acceptors (Lipinski definition) is 3. The Morgan fingerprint density at radius 2 is 2.20 bits per heavy atom. The van der Waals surface area contributed by atoms with Gasteiger partial charge in [0.25, 0.3) is 0 Å². The molecule has 1 aromatic carbocycles. The Balaban J connectivity index is 1.79. The minimum absolute atomic E-state index is 0.161. The summed E-state index contributed by atoms with van der Waals surface area (Å²) in [6, 6.07) is 5.46. The second-order valence-electron chi connectivity index (χ2n) is 6.45. The number of aromatic nitrogens is 2. The fourth-order valence-corrected chi connectivity index (χ4v) is 3.17. The van der Waals surface area contributed by atoms with Crippen LogP contribution in [0.5, 0.6) is 0 Å². The first-order chi connectivity index (χ1) is 12.1. The topological polar surface area (TPSA) is 70.4 Å². The summed E-state index contributed by atoms with van der Waals surface area (Å²) in [5.74, 6) is 0.552. The standard InChI is InChI=1S/C18H23FN4O2/c1-22-10-7-20-17(22)16(14-3-2-4-15(19)11-14)21-18(25)23-8-5-13(12-24)6-9-23/h2-4,7,10-11,13,16,24H,5-6,8-9,12H2,1H3,(H,21,25)/t16-/m0/s1. The highest BCUT2D eigenvalue weighted by atomic mass is 19.1. The number of rotatable bonds is 4. The summed E-state index contributed by atoms with van der Waals surface area (Å²) in [6.45, 7) is 1.37. The van der Waals surface area contributed by atoms with Crippen molar-refractivity contribution in [3.8, 4) is 0 Å². The van der Waals surface area contributed by atoms with Crippen LogP contribution in [0.4, 0.5) is 9.18 Å². The number of likely N-dealkylation sites (tertiary alicyclic amines) is 1. The number of carbonyl (C=O) groups excluding carboxylic acids is 1. The van der Waals surface area contributed by atoms with E-state index in [1.807, 2.05) is 11.6 Å². The number of halogens is 1. The number of hydrogen-bond donors (Lipinski definition) is 2. The second-order valence-corrected chi connectivity index (χ2v) is 6.45. The predicted molar refractivity (Wildman–Crippen MR) is 91.4 cm³/mol. The van der Waals surface area contributed by atoms with Gasteiger partial charge in [0.1, 0.15) is 17.7 Å². The third kappa shape index (κ3) is 3.99. The van der Waals surface area contributed by atoms with Gasteiger partial charge in [-0.1, -0.05) is 12.1 Å². The zero-order valence-electron chi connectivity index (χ0n) is 14.2. The number of urea groups is 1. The zero-order valence-corrected chi connectivity index (χ0v) is 14.2. The number of aryl methyl sites for hydroxylation is 1.